The molecule has 5 heteroatoms. The van der Waals surface area contributed by atoms with Crippen molar-refractivity contribution in [1.82, 2.24) is 4.98 Å². The van der Waals surface area contributed by atoms with Crippen molar-refractivity contribution in [1.29, 1.82) is 0 Å². The lowest BCUT2D eigenvalue weighted by Gasteiger charge is -2.08. The van der Waals surface area contributed by atoms with Crippen molar-refractivity contribution in [2.24, 2.45) is 5.73 Å². The van der Waals surface area contributed by atoms with Gasteiger partial charge in [0.2, 0.25) is 0 Å². The Balaban J connectivity index is 2.06. The van der Waals surface area contributed by atoms with E-state index >= 15 is 0 Å². The van der Waals surface area contributed by atoms with E-state index < -0.39 is 0 Å². The Bertz CT molecular complexity index is 578. The number of thiazole rings is 1. The van der Waals surface area contributed by atoms with Crippen molar-refractivity contribution >= 4 is 28.5 Å². The van der Waals surface area contributed by atoms with E-state index in [4.69, 9.17) is 22.7 Å². The maximum atomic E-state index is 5.76. The summed E-state index contributed by atoms with van der Waals surface area (Å²) >= 11 is 6.37. The molecule has 0 saturated carbocycles. The number of hydrogen-bond acceptors (Lipinski definition) is 4. The van der Waals surface area contributed by atoms with E-state index in [-0.39, 0.29) is 0 Å². The molecular formula is C13H14N2OS2. The summed E-state index contributed by atoms with van der Waals surface area (Å²) < 4.78 is 5.76. The van der Waals surface area contributed by atoms with Crippen LogP contribution in [0.5, 0.6) is 5.75 Å². The third kappa shape index (κ3) is 3.05. The molecule has 3 nitrogen and oxygen atoms in total. The van der Waals surface area contributed by atoms with Crippen molar-refractivity contribution in [3.8, 4) is 5.75 Å². The highest BCUT2D eigenvalue weighted by atomic mass is 32.1. The van der Waals surface area contributed by atoms with Gasteiger partial charge in [-0.2, -0.15) is 0 Å². The molecule has 0 radical (unpaired) electrons. The number of aromatic nitrogens is 1. The number of rotatable bonds is 4. The van der Waals surface area contributed by atoms with Gasteiger partial charge in [0.1, 0.15) is 22.4 Å². The molecule has 0 unspecified atom stereocenters. The van der Waals surface area contributed by atoms with E-state index in [0.29, 0.717) is 11.6 Å². The van der Waals surface area contributed by atoms with Crippen LogP contribution in [0.25, 0.3) is 0 Å². The third-order valence-corrected chi connectivity index (χ3v) is 3.84. The van der Waals surface area contributed by atoms with Crippen molar-refractivity contribution in [3.05, 3.63) is 45.4 Å². The molecule has 0 aliphatic carbocycles. The van der Waals surface area contributed by atoms with Crippen LogP contribution < -0.4 is 10.5 Å². The molecule has 0 saturated heterocycles. The average Bonchev–Trinajstić information content (AvgIpc) is 2.79. The molecule has 0 aliphatic rings. The highest BCUT2D eigenvalue weighted by Crippen LogP contribution is 2.21. The van der Waals surface area contributed by atoms with Crippen molar-refractivity contribution in [2.75, 3.05) is 0 Å². The number of nitrogens with zero attached hydrogens (tertiary/aromatic N) is 1. The first kappa shape index (κ1) is 13.0. The lowest BCUT2D eigenvalue weighted by atomic mass is 10.1. The summed E-state index contributed by atoms with van der Waals surface area (Å²) in [5, 5.41) is 0.874. The normalized spacial score (nSPS) is 10.3. The number of ether oxygens (including phenoxy) is 1. The minimum Gasteiger partial charge on any atom is -0.486 e. The van der Waals surface area contributed by atoms with Gasteiger partial charge in [-0.15, -0.1) is 11.3 Å². The Morgan fingerprint density at radius 2 is 2.22 bits per heavy atom. The van der Waals surface area contributed by atoms with Gasteiger partial charge in [-0.1, -0.05) is 24.4 Å². The summed E-state index contributed by atoms with van der Waals surface area (Å²) in [7, 11) is 0. The number of aryl methyl sites for hydroxylation is 2. The third-order valence-electron chi connectivity index (χ3n) is 2.49. The molecule has 2 aromatic rings. The molecule has 1 aromatic carbocycles. The topological polar surface area (TPSA) is 48.1 Å². The van der Waals surface area contributed by atoms with Gasteiger partial charge in [-0.05, 0) is 31.0 Å². The molecule has 0 bridgehead atoms. The molecule has 0 atom stereocenters. The first-order valence-corrected chi connectivity index (χ1v) is 6.73. The lowest BCUT2D eigenvalue weighted by Crippen LogP contribution is -2.06. The maximum absolute atomic E-state index is 5.76. The van der Waals surface area contributed by atoms with Gasteiger partial charge in [-0.3, -0.25) is 0 Å². The number of thiocarbonyl (C=S) groups is 1. The molecular weight excluding hydrogens is 264 g/mol. The van der Waals surface area contributed by atoms with E-state index in [0.717, 1.165) is 21.2 Å². The second-order valence-electron chi connectivity index (χ2n) is 4.04. The van der Waals surface area contributed by atoms with E-state index in [1.807, 2.05) is 26.0 Å². The van der Waals surface area contributed by atoms with E-state index in [1.165, 1.54) is 16.9 Å². The van der Waals surface area contributed by atoms with Crippen molar-refractivity contribution < 1.29 is 4.74 Å². The monoisotopic (exact) mass is 278 g/mol. The summed E-state index contributed by atoms with van der Waals surface area (Å²) in [6.45, 7) is 4.51. The van der Waals surface area contributed by atoms with Crippen LogP contribution in [0.2, 0.25) is 0 Å². The summed E-state index contributed by atoms with van der Waals surface area (Å²) in [4.78, 5) is 5.43. The zero-order valence-electron chi connectivity index (χ0n) is 10.3. The number of benzene rings is 1. The quantitative estimate of drug-likeness (QED) is 0.874. The van der Waals surface area contributed by atoms with Crippen LogP contribution in [0.4, 0.5) is 0 Å². The second-order valence-corrected chi connectivity index (χ2v) is 5.60. The molecule has 2 N–H and O–H groups in total. The standard InChI is InChI=1S/C13H14N2OS2/c1-8-3-4-9(2)10(5-8)16-7-12-15-6-11(18-12)13(14)17/h3-6H,7H2,1-2H3,(H2,14,17). The fourth-order valence-corrected chi connectivity index (χ4v) is 2.35. The number of nitrogens with two attached hydrogens (primary N) is 1. The molecule has 2 rings (SSSR count). The van der Waals surface area contributed by atoms with Gasteiger partial charge < -0.3 is 10.5 Å². The smallest absolute Gasteiger partial charge is 0.140 e. The Morgan fingerprint density at radius 1 is 1.44 bits per heavy atom. The SMILES string of the molecule is Cc1ccc(C)c(OCc2ncc(C(N)=S)s2)c1. The molecule has 18 heavy (non-hydrogen) atoms. The molecule has 0 amide bonds. The fourth-order valence-electron chi connectivity index (χ4n) is 1.49. The minimum absolute atomic E-state index is 0.380. The summed E-state index contributed by atoms with van der Waals surface area (Å²) in [5.74, 6) is 0.891. The Morgan fingerprint density at radius 3 is 2.89 bits per heavy atom. The van der Waals surface area contributed by atoms with Gasteiger partial charge in [0.25, 0.3) is 0 Å². The zero-order valence-corrected chi connectivity index (χ0v) is 11.9. The van der Waals surface area contributed by atoms with Crippen LogP contribution in [0.15, 0.2) is 24.4 Å². The Hall–Kier alpha value is -1.46. The largest absolute Gasteiger partial charge is 0.486 e. The molecule has 0 aliphatic heterocycles. The minimum atomic E-state index is 0.380. The predicted octanol–water partition coefficient (Wildman–Crippen LogP) is 2.97. The van der Waals surface area contributed by atoms with Crippen LogP contribution in [-0.2, 0) is 6.61 Å². The van der Waals surface area contributed by atoms with Gasteiger partial charge >= 0.3 is 0 Å². The van der Waals surface area contributed by atoms with Gasteiger partial charge in [0.05, 0.1) is 4.88 Å². The average molecular weight is 278 g/mol. The van der Waals surface area contributed by atoms with Gasteiger partial charge in [-0.25, -0.2) is 4.98 Å². The Kier molecular flexibility index (Phi) is 3.93. The second kappa shape index (κ2) is 5.46. The maximum Gasteiger partial charge on any atom is 0.140 e. The lowest BCUT2D eigenvalue weighted by molar-refractivity contribution is 0.303. The van der Waals surface area contributed by atoms with E-state index in [2.05, 4.69) is 11.1 Å². The van der Waals surface area contributed by atoms with Crippen LogP contribution in [-0.4, -0.2) is 9.97 Å². The van der Waals surface area contributed by atoms with E-state index in [1.54, 1.807) is 6.20 Å². The molecule has 0 fully saturated rings. The molecule has 94 valence electrons. The zero-order chi connectivity index (χ0) is 13.1. The first-order valence-electron chi connectivity index (χ1n) is 5.51. The van der Waals surface area contributed by atoms with Gasteiger partial charge in [0, 0.05) is 6.20 Å². The van der Waals surface area contributed by atoms with Gasteiger partial charge in [0.15, 0.2) is 0 Å². The molecule has 0 spiro atoms. The fraction of sp³-hybridized carbons (Fsp3) is 0.231. The van der Waals surface area contributed by atoms with Crippen LogP contribution in [0, 0.1) is 13.8 Å². The highest BCUT2D eigenvalue weighted by Gasteiger charge is 2.06. The Labute approximate surface area is 116 Å². The summed E-state index contributed by atoms with van der Waals surface area (Å²) in [6, 6.07) is 6.14. The summed E-state index contributed by atoms with van der Waals surface area (Å²) in [6.07, 6.45) is 1.69. The van der Waals surface area contributed by atoms with Crippen LogP contribution in [0.1, 0.15) is 21.0 Å². The van der Waals surface area contributed by atoms with E-state index in [9.17, 15) is 0 Å². The molecule has 1 aromatic heterocycles. The molecule has 1 heterocycles. The van der Waals surface area contributed by atoms with Crippen molar-refractivity contribution in [2.45, 2.75) is 20.5 Å². The van der Waals surface area contributed by atoms with Crippen LogP contribution in [0.3, 0.4) is 0 Å². The highest BCUT2D eigenvalue weighted by molar-refractivity contribution is 7.81. The van der Waals surface area contributed by atoms with Crippen LogP contribution >= 0.6 is 23.6 Å². The summed E-state index contributed by atoms with van der Waals surface area (Å²) in [5.41, 5.74) is 7.84. The number of hydrogen-bond donors (Lipinski definition) is 1. The van der Waals surface area contributed by atoms with Crippen molar-refractivity contribution in [3.63, 3.8) is 0 Å². The predicted molar refractivity (Wildman–Crippen MR) is 78.2 cm³/mol. The first-order chi connectivity index (χ1) is 8.56.